The molecule has 100 valence electrons. The summed E-state index contributed by atoms with van der Waals surface area (Å²) in [6, 6.07) is 15.1. The van der Waals surface area contributed by atoms with Crippen LogP contribution in [-0.2, 0) is 0 Å². The normalized spacial score (nSPS) is 10.7. The van der Waals surface area contributed by atoms with E-state index in [1.54, 1.807) is 42.5 Å². The molecule has 1 heterocycles. The van der Waals surface area contributed by atoms with E-state index in [0.717, 1.165) is 4.57 Å². The van der Waals surface area contributed by atoms with Gasteiger partial charge in [-0.1, -0.05) is 29.8 Å². The Labute approximate surface area is 119 Å². The van der Waals surface area contributed by atoms with Crippen molar-refractivity contribution in [3.8, 4) is 11.6 Å². The van der Waals surface area contributed by atoms with Gasteiger partial charge in [0.05, 0.1) is 5.52 Å². The average Bonchev–Trinajstić information content (AvgIpc) is 2.74. The molecule has 0 spiro atoms. The van der Waals surface area contributed by atoms with E-state index in [-0.39, 0.29) is 5.88 Å². The van der Waals surface area contributed by atoms with Gasteiger partial charge in [-0.2, -0.15) is 0 Å². The zero-order valence-corrected chi connectivity index (χ0v) is 11.0. The third-order valence-corrected chi connectivity index (χ3v) is 3.11. The fraction of sp³-hybridized carbons (Fsp3) is 0. The van der Waals surface area contributed by atoms with Crippen LogP contribution in [0.4, 0.5) is 4.79 Å². The minimum Gasteiger partial charge on any atom is -0.494 e. The number of fused-ring (bicyclic) bond motifs is 1. The standard InChI is InChI=1S/C15H10ClNO3/c16-11-6-7-13-10(8-11)9-14(18)17(13)15(19)20-12-4-2-1-3-5-12/h1-9,18H. The van der Waals surface area contributed by atoms with Crippen molar-refractivity contribution in [2.24, 2.45) is 0 Å². The quantitative estimate of drug-likeness (QED) is 0.734. The number of aromatic hydroxyl groups is 1. The molecule has 0 aliphatic rings. The molecule has 0 bridgehead atoms. The molecule has 3 rings (SSSR count). The molecule has 4 nitrogen and oxygen atoms in total. The molecule has 0 fully saturated rings. The fourth-order valence-electron chi connectivity index (χ4n) is 2.00. The Morgan fingerprint density at radius 3 is 2.60 bits per heavy atom. The van der Waals surface area contributed by atoms with Gasteiger partial charge in [-0.25, -0.2) is 9.36 Å². The molecule has 20 heavy (non-hydrogen) atoms. The Bertz CT molecular complexity index is 780. The number of ether oxygens (including phenoxy) is 1. The zero-order chi connectivity index (χ0) is 14.1. The summed E-state index contributed by atoms with van der Waals surface area (Å²) in [5.74, 6) is 0.218. The molecule has 0 aliphatic heterocycles. The molecule has 0 aliphatic carbocycles. The molecule has 0 saturated carbocycles. The van der Waals surface area contributed by atoms with Gasteiger partial charge in [0.1, 0.15) is 5.75 Å². The lowest BCUT2D eigenvalue weighted by Crippen LogP contribution is -2.16. The third kappa shape index (κ3) is 2.21. The molecule has 0 atom stereocenters. The number of carbonyl (C=O) groups is 1. The number of nitrogens with zero attached hydrogens (tertiary/aromatic N) is 1. The van der Waals surface area contributed by atoms with Crippen LogP contribution in [0.2, 0.25) is 5.02 Å². The molecule has 5 heteroatoms. The predicted octanol–water partition coefficient (Wildman–Crippen LogP) is 4.05. The van der Waals surface area contributed by atoms with Gasteiger partial charge in [0.15, 0.2) is 0 Å². The first kappa shape index (κ1) is 12.6. The summed E-state index contributed by atoms with van der Waals surface area (Å²) in [6.45, 7) is 0. The van der Waals surface area contributed by atoms with Crippen LogP contribution in [0, 0.1) is 0 Å². The topological polar surface area (TPSA) is 51.5 Å². The molecule has 0 unspecified atom stereocenters. The van der Waals surface area contributed by atoms with Gasteiger partial charge in [0.25, 0.3) is 0 Å². The van der Waals surface area contributed by atoms with Crippen LogP contribution in [0.25, 0.3) is 10.9 Å². The highest BCUT2D eigenvalue weighted by molar-refractivity contribution is 6.31. The van der Waals surface area contributed by atoms with Crippen LogP contribution in [-0.4, -0.2) is 15.8 Å². The van der Waals surface area contributed by atoms with Crippen LogP contribution in [0.15, 0.2) is 54.6 Å². The van der Waals surface area contributed by atoms with Gasteiger partial charge in [0, 0.05) is 16.5 Å². The lowest BCUT2D eigenvalue weighted by atomic mass is 10.2. The Morgan fingerprint density at radius 2 is 1.85 bits per heavy atom. The SMILES string of the molecule is O=C(Oc1ccccc1)n1c(O)cc2cc(Cl)ccc21. The van der Waals surface area contributed by atoms with Crippen LogP contribution in [0.3, 0.4) is 0 Å². The van der Waals surface area contributed by atoms with E-state index in [1.807, 2.05) is 6.07 Å². The molecular weight excluding hydrogens is 278 g/mol. The van der Waals surface area contributed by atoms with E-state index in [2.05, 4.69) is 0 Å². The number of benzene rings is 2. The van der Waals surface area contributed by atoms with E-state index in [9.17, 15) is 9.90 Å². The summed E-state index contributed by atoms with van der Waals surface area (Å²) < 4.78 is 6.30. The van der Waals surface area contributed by atoms with Gasteiger partial charge in [-0.05, 0) is 30.3 Å². The maximum atomic E-state index is 12.1. The summed E-state index contributed by atoms with van der Waals surface area (Å²) in [6.07, 6.45) is -0.675. The minimum atomic E-state index is -0.675. The Morgan fingerprint density at radius 1 is 1.10 bits per heavy atom. The predicted molar refractivity (Wildman–Crippen MR) is 76.5 cm³/mol. The number of halogens is 1. The zero-order valence-electron chi connectivity index (χ0n) is 10.3. The number of aromatic nitrogens is 1. The van der Waals surface area contributed by atoms with Crippen molar-refractivity contribution in [1.29, 1.82) is 0 Å². The van der Waals surface area contributed by atoms with Crippen molar-refractivity contribution in [2.75, 3.05) is 0 Å². The van der Waals surface area contributed by atoms with Crippen molar-refractivity contribution in [1.82, 2.24) is 4.57 Å². The number of rotatable bonds is 1. The van der Waals surface area contributed by atoms with E-state index in [0.29, 0.717) is 21.7 Å². The van der Waals surface area contributed by atoms with Gasteiger partial charge in [0.2, 0.25) is 5.88 Å². The first-order chi connectivity index (χ1) is 9.65. The second-order valence-electron chi connectivity index (χ2n) is 4.22. The van der Waals surface area contributed by atoms with E-state index in [1.165, 1.54) is 6.07 Å². The number of para-hydroxylation sites is 1. The molecule has 1 aromatic heterocycles. The summed E-state index contributed by atoms with van der Waals surface area (Å²) in [5.41, 5.74) is 0.535. The van der Waals surface area contributed by atoms with Crippen LogP contribution in [0.1, 0.15) is 0 Å². The molecular formula is C15H10ClNO3. The van der Waals surface area contributed by atoms with Crippen LogP contribution < -0.4 is 4.74 Å². The third-order valence-electron chi connectivity index (χ3n) is 2.88. The second kappa shape index (κ2) is 4.90. The minimum absolute atomic E-state index is 0.191. The number of hydrogen-bond acceptors (Lipinski definition) is 3. The Kier molecular flexibility index (Phi) is 3.08. The molecule has 1 N–H and O–H groups in total. The van der Waals surface area contributed by atoms with Crippen molar-refractivity contribution < 1.29 is 14.6 Å². The van der Waals surface area contributed by atoms with Crippen LogP contribution in [0.5, 0.6) is 11.6 Å². The van der Waals surface area contributed by atoms with Crippen molar-refractivity contribution in [2.45, 2.75) is 0 Å². The van der Waals surface area contributed by atoms with Gasteiger partial charge >= 0.3 is 6.09 Å². The summed E-state index contributed by atoms with van der Waals surface area (Å²) in [4.78, 5) is 12.1. The first-order valence-corrected chi connectivity index (χ1v) is 6.30. The summed E-state index contributed by atoms with van der Waals surface area (Å²) in [5, 5.41) is 11.1. The highest BCUT2D eigenvalue weighted by Gasteiger charge is 2.16. The van der Waals surface area contributed by atoms with E-state index >= 15 is 0 Å². The van der Waals surface area contributed by atoms with E-state index < -0.39 is 6.09 Å². The average molecular weight is 288 g/mol. The molecule has 2 aromatic carbocycles. The van der Waals surface area contributed by atoms with Gasteiger partial charge < -0.3 is 9.84 Å². The number of carbonyl (C=O) groups excluding carboxylic acids is 1. The lowest BCUT2D eigenvalue weighted by molar-refractivity contribution is 0.200. The Hall–Kier alpha value is -2.46. The van der Waals surface area contributed by atoms with Crippen LogP contribution >= 0.6 is 11.6 Å². The maximum Gasteiger partial charge on any atom is 0.426 e. The van der Waals surface area contributed by atoms with E-state index in [4.69, 9.17) is 16.3 Å². The Balaban J connectivity index is 2.01. The number of hydrogen-bond donors (Lipinski definition) is 1. The maximum absolute atomic E-state index is 12.1. The second-order valence-corrected chi connectivity index (χ2v) is 4.66. The summed E-state index contributed by atoms with van der Waals surface area (Å²) >= 11 is 5.88. The highest BCUT2D eigenvalue weighted by atomic mass is 35.5. The van der Waals surface area contributed by atoms with Gasteiger partial charge in [-0.3, -0.25) is 0 Å². The molecule has 0 radical (unpaired) electrons. The fourth-order valence-corrected chi connectivity index (χ4v) is 2.18. The first-order valence-electron chi connectivity index (χ1n) is 5.92. The highest BCUT2D eigenvalue weighted by Crippen LogP contribution is 2.27. The lowest BCUT2D eigenvalue weighted by Gasteiger charge is -2.06. The molecule has 3 aromatic rings. The van der Waals surface area contributed by atoms with Crippen molar-refractivity contribution >= 4 is 28.6 Å². The molecule has 0 saturated heterocycles. The van der Waals surface area contributed by atoms with Gasteiger partial charge in [-0.15, -0.1) is 0 Å². The summed E-state index contributed by atoms with van der Waals surface area (Å²) in [7, 11) is 0. The largest absolute Gasteiger partial charge is 0.494 e. The monoisotopic (exact) mass is 287 g/mol. The molecule has 0 amide bonds. The van der Waals surface area contributed by atoms with Crippen molar-refractivity contribution in [3.63, 3.8) is 0 Å². The van der Waals surface area contributed by atoms with Crippen molar-refractivity contribution in [3.05, 3.63) is 59.6 Å². The smallest absolute Gasteiger partial charge is 0.426 e.